The van der Waals surface area contributed by atoms with Crippen LogP contribution in [-0.2, 0) is 0 Å². The van der Waals surface area contributed by atoms with Crippen LogP contribution in [0.2, 0.25) is 0 Å². The van der Waals surface area contributed by atoms with Gasteiger partial charge >= 0.3 is 0 Å². The summed E-state index contributed by atoms with van der Waals surface area (Å²) in [5.41, 5.74) is 4.29. The van der Waals surface area contributed by atoms with E-state index in [9.17, 15) is 0 Å². The van der Waals surface area contributed by atoms with Crippen molar-refractivity contribution in [2.75, 3.05) is 0 Å². The molecule has 0 fully saturated rings. The molecule has 2 heterocycles. The summed E-state index contributed by atoms with van der Waals surface area (Å²) in [6.45, 7) is 1.99. The number of nitrogens with zero attached hydrogens (tertiary/aromatic N) is 2. The Labute approximate surface area is 117 Å². The number of aromatic nitrogens is 2. The summed E-state index contributed by atoms with van der Waals surface area (Å²) in [6.07, 6.45) is 8.15. The molecule has 0 aliphatic heterocycles. The van der Waals surface area contributed by atoms with Gasteiger partial charge < -0.3 is 9.14 Å². The van der Waals surface area contributed by atoms with Crippen molar-refractivity contribution in [1.82, 2.24) is 9.38 Å². The highest BCUT2D eigenvalue weighted by atomic mass is 16.5. The maximum Gasteiger partial charge on any atom is 0.179 e. The van der Waals surface area contributed by atoms with Crippen LogP contribution in [0.5, 0.6) is 5.75 Å². The van der Waals surface area contributed by atoms with Crippen LogP contribution < -0.4 is 4.74 Å². The highest BCUT2D eigenvalue weighted by Crippen LogP contribution is 2.33. The topological polar surface area (TPSA) is 26.5 Å². The van der Waals surface area contributed by atoms with E-state index in [0.29, 0.717) is 0 Å². The molecule has 1 aliphatic rings. The van der Waals surface area contributed by atoms with Crippen molar-refractivity contribution in [3.63, 3.8) is 0 Å². The minimum absolute atomic E-state index is 0.0330. The van der Waals surface area contributed by atoms with Gasteiger partial charge in [0.2, 0.25) is 0 Å². The quantitative estimate of drug-likeness (QED) is 0.702. The van der Waals surface area contributed by atoms with Crippen LogP contribution in [0, 0.1) is 6.92 Å². The van der Waals surface area contributed by atoms with E-state index in [1.54, 1.807) is 0 Å². The van der Waals surface area contributed by atoms with Crippen molar-refractivity contribution < 1.29 is 4.74 Å². The van der Waals surface area contributed by atoms with E-state index in [1.165, 1.54) is 11.1 Å². The van der Waals surface area contributed by atoms with E-state index in [1.807, 2.05) is 48.0 Å². The average molecular weight is 262 g/mol. The monoisotopic (exact) mass is 262 g/mol. The average Bonchev–Trinajstić information content (AvgIpc) is 3.03. The molecule has 20 heavy (non-hydrogen) atoms. The standard InChI is InChI=1S/C17H14N2O/c1-12-11-19-10-4-7-16(17(19)18-12)20-15-9-8-13-5-2-3-6-14(13)15/h2-11,15H,1H3. The summed E-state index contributed by atoms with van der Waals surface area (Å²) < 4.78 is 8.15. The normalized spacial score (nSPS) is 16.6. The Morgan fingerprint density at radius 1 is 1.15 bits per heavy atom. The molecule has 4 rings (SSSR count). The lowest BCUT2D eigenvalue weighted by Gasteiger charge is -2.14. The third-order valence-corrected chi connectivity index (χ3v) is 3.57. The Kier molecular flexibility index (Phi) is 2.39. The fourth-order valence-electron chi connectivity index (χ4n) is 2.66. The summed E-state index contributed by atoms with van der Waals surface area (Å²) in [7, 11) is 0. The van der Waals surface area contributed by atoms with Crippen LogP contribution in [-0.4, -0.2) is 9.38 Å². The van der Waals surface area contributed by atoms with Crippen LogP contribution in [0.1, 0.15) is 22.9 Å². The van der Waals surface area contributed by atoms with E-state index < -0.39 is 0 Å². The molecule has 0 saturated carbocycles. The molecule has 3 heteroatoms. The number of benzene rings is 1. The van der Waals surface area contributed by atoms with Crippen molar-refractivity contribution in [1.29, 1.82) is 0 Å². The second-order valence-corrected chi connectivity index (χ2v) is 5.01. The van der Waals surface area contributed by atoms with Gasteiger partial charge in [-0.05, 0) is 30.7 Å². The molecule has 3 aromatic rings. The zero-order chi connectivity index (χ0) is 13.5. The lowest BCUT2D eigenvalue weighted by molar-refractivity contribution is 0.260. The van der Waals surface area contributed by atoms with E-state index in [-0.39, 0.29) is 6.10 Å². The summed E-state index contributed by atoms with van der Waals surface area (Å²) in [4.78, 5) is 4.53. The number of fused-ring (bicyclic) bond motifs is 2. The number of ether oxygens (including phenoxy) is 1. The van der Waals surface area contributed by atoms with Crippen LogP contribution in [0.15, 0.2) is 54.9 Å². The van der Waals surface area contributed by atoms with Gasteiger partial charge in [0.1, 0.15) is 6.10 Å². The van der Waals surface area contributed by atoms with Gasteiger partial charge in [0.05, 0.1) is 5.69 Å². The number of pyridine rings is 1. The summed E-state index contributed by atoms with van der Waals surface area (Å²) >= 11 is 0. The van der Waals surface area contributed by atoms with Crippen molar-refractivity contribution in [2.45, 2.75) is 13.0 Å². The van der Waals surface area contributed by atoms with E-state index in [4.69, 9.17) is 4.74 Å². The molecule has 1 aliphatic carbocycles. The summed E-state index contributed by atoms with van der Waals surface area (Å²) in [5, 5.41) is 0. The second-order valence-electron chi connectivity index (χ2n) is 5.01. The van der Waals surface area contributed by atoms with Crippen molar-refractivity contribution >= 4 is 11.7 Å². The van der Waals surface area contributed by atoms with E-state index in [2.05, 4.69) is 29.3 Å². The Morgan fingerprint density at radius 2 is 2.05 bits per heavy atom. The first kappa shape index (κ1) is 11.3. The van der Waals surface area contributed by atoms with E-state index in [0.717, 1.165) is 17.1 Å². The largest absolute Gasteiger partial charge is 0.478 e. The molecule has 0 amide bonds. The first-order valence-electron chi connectivity index (χ1n) is 6.69. The van der Waals surface area contributed by atoms with Gasteiger partial charge in [0.15, 0.2) is 11.4 Å². The molecule has 1 atom stereocenters. The maximum atomic E-state index is 6.16. The predicted octanol–water partition coefficient (Wildman–Crippen LogP) is 3.79. The third kappa shape index (κ3) is 1.71. The van der Waals surface area contributed by atoms with Crippen LogP contribution in [0.3, 0.4) is 0 Å². The van der Waals surface area contributed by atoms with Gasteiger partial charge in [-0.2, -0.15) is 0 Å². The molecule has 2 aromatic heterocycles. The van der Waals surface area contributed by atoms with Gasteiger partial charge in [0.25, 0.3) is 0 Å². The highest BCUT2D eigenvalue weighted by molar-refractivity contribution is 5.62. The smallest absolute Gasteiger partial charge is 0.179 e. The molecule has 0 radical (unpaired) electrons. The molecule has 0 bridgehead atoms. The molecule has 1 aromatic carbocycles. The fraction of sp³-hybridized carbons (Fsp3) is 0.118. The van der Waals surface area contributed by atoms with E-state index >= 15 is 0 Å². The Morgan fingerprint density at radius 3 is 3.00 bits per heavy atom. The molecular weight excluding hydrogens is 248 g/mol. The minimum Gasteiger partial charge on any atom is -0.478 e. The van der Waals surface area contributed by atoms with Gasteiger partial charge in [-0.15, -0.1) is 0 Å². The fourth-order valence-corrected chi connectivity index (χ4v) is 2.66. The molecular formula is C17H14N2O. The SMILES string of the molecule is Cc1cn2cccc(OC3C=Cc4ccccc43)c2n1. The second kappa shape index (κ2) is 4.23. The Hall–Kier alpha value is -2.55. The number of imidazole rings is 1. The first-order valence-corrected chi connectivity index (χ1v) is 6.69. The van der Waals surface area contributed by atoms with Gasteiger partial charge in [-0.1, -0.05) is 30.3 Å². The number of hydrogen-bond donors (Lipinski definition) is 0. The zero-order valence-electron chi connectivity index (χ0n) is 11.2. The summed E-state index contributed by atoms with van der Waals surface area (Å²) in [6, 6.07) is 12.3. The van der Waals surface area contributed by atoms with Crippen LogP contribution in [0.25, 0.3) is 11.7 Å². The zero-order valence-corrected chi connectivity index (χ0v) is 11.2. The van der Waals surface area contributed by atoms with Crippen LogP contribution >= 0.6 is 0 Å². The summed E-state index contributed by atoms with van der Waals surface area (Å²) in [5.74, 6) is 0.812. The van der Waals surface area contributed by atoms with Crippen LogP contribution in [0.4, 0.5) is 0 Å². The van der Waals surface area contributed by atoms with Crippen molar-refractivity contribution in [3.8, 4) is 5.75 Å². The number of aryl methyl sites for hydroxylation is 1. The Bertz CT molecular complexity index is 817. The maximum absolute atomic E-state index is 6.16. The minimum atomic E-state index is -0.0330. The van der Waals surface area contributed by atoms with Crippen molar-refractivity contribution in [3.05, 3.63) is 71.7 Å². The first-order chi connectivity index (χ1) is 9.81. The molecule has 98 valence electrons. The lowest BCUT2D eigenvalue weighted by Crippen LogP contribution is -2.04. The Balaban J connectivity index is 1.74. The highest BCUT2D eigenvalue weighted by Gasteiger charge is 2.19. The number of hydrogen-bond acceptors (Lipinski definition) is 2. The predicted molar refractivity (Wildman–Crippen MR) is 78.8 cm³/mol. The lowest BCUT2D eigenvalue weighted by atomic mass is 10.1. The molecule has 3 nitrogen and oxygen atoms in total. The molecule has 0 N–H and O–H groups in total. The number of rotatable bonds is 2. The van der Waals surface area contributed by atoms with Gasteiger partial charge in [-0.3, -0.25) is 0 Å². The third-order valence-electron chi connectivity index (χ3n) is 3.57. The van der Waals surface area contributed by atoms with Gasteiger partial charge in [-0.25, -0.2) is 4.98 Å². The van der Waals surface area contributed by atoms with Crippen molar-refractivity contribution in [2.24, 2.45) is 0 Å². The van der Waals surface area contributed by atoms with Gasteiger partial charge in [0, 0.05) is 18.0 Å². The molecule has 0 saturated heterocycles. The molecule has 1 unspecified atom stereocenters. The molecule has 0 spiro atoms.